The van der Waals surface area contributed by atoms with Gasteiger partial charge in [0, 0.05) is 28.9 Å². The molecule has 2 atom stereocenters. The van der Waals surface area contributed by atoms with Crippen molar-refractivity contribution in [2.75, 3.05) is 26.0 Å². The molecule has 0 radical (unpaired) electrons. The molecular weight excluding hydrogens is 162 g/mol. The molecule has 0 bridgehead atoms. The predicted molar refractivity (Wildman–Crippen MR) is 48.1 cm³/mol. The lowest BCUT2D eigenvalue weighted by Crippen LogP contribution is -2.23. The summed E-state index contributed by atoms with van der Waals surface area (Å²) in [6.45, 7) is 3.60. The zero-order valence-corrected chi connectivity index (χ0v) is 7.99. The lowest BCUT2D eigenvalue weighted by molar-refractivity contribution is 0.292. The molecule has 68 valence electrons. The average Bonchev–Trinajstić information content (AvgIpc) is 1.97. The Bertz CT molecular complexity index is 119. The molecule has 0 aliphatic heterocycles. The van der Waals surface area contributed by atoms with Gasteiger partial charge in [0.15, 0.2) is 0 Å². The Morgan fingerprint density at radius 2 is 2.18 bits per heavy atom. The number of rotatable bonds is 6. The minimum absolute atomic E-state index is 0.170. The summed E-state index contributed by atoms with van der Waals surface area (Å²) >= 11 is 0. The van der Waals surface area contributed by atoms with E-state index >= 15 is 0 Å². The summed E-state index contributed by atoms with van der Waals surface area (Å²) in [7, 11) is -0.718. The average molecular weight is 179 g/mol. The zero-order valence-electron chi connectivity index (χ0n) is 7.17. The number of hydrogen-bond acceptors (Lipinski definition) is 3. The van der Waals surface area contributed by atoms with Crippen LogP contribution < -0.4 is 5.32 Å². The van der Waals surface area contributed by atoms with Crippen molar-refractivity contribution in [3.63, 3.8) is 0 Å². The van der Waals surface area contributed by atoms with E-state index in [1.165, 1.54) is 0 Å². The molecule has 0 aromatic carbocycles. The zero-order chi connectivity index (χ0) is 8.69. The van der Waals surface area contributed by atoms with Crippen LogP contribution in [-0.4, -0.2) is 40.5 Å². The highest BCUT2D eigenvalue weighted by atomic mass is 32.2. The summed E-state index contributed by atoms with van der Waals surface area (Å²) in [4.78, 5) is 0. The maximum atomic E-state index is 10.8. The van der Waals surface area contributed by atoms with Crippen LogP contribution in [0.25, 0.3) is 0 Å². The van der Waals surface area contributed by atoms with Crippen LogP contribution >= 0.6 is 0 Å². The highest BCUT2D eigenvalue weighted by molar-refractivity contribution is 7.84. The van der Waals surface area contributed by atoms with Gasteiger partial charge in [-0.2, -0.15) is 0 Å². The molecule has 0 saturated heterocycles. The van der Waals surface area contributed by atoms with Gasteiger partial charge in [-0.25, -0.2) is 0 Å². The summed E-state index contributed by atoms with van der Waals surface area (Å²) in [5.74, 6) is 0. The third-order valence-corrected chi connectivity index (χ3v) is 2.95. The third-order valence-electron chi connectivity index (χ3n) is 1.58. The molecule has 0 spiro atoms. The molecule has 2 unspecified atom stereocenters. The van der Waals surface area contributed by atoms with Gasteiger partial charge in [-0.3, -0.25) is 4.21 Å². The highest BCUT2D eigenvalue weighted by Gasteiger charge is 2.03. The Kier molecular flexibility index (Phi) is 6.80. The minimum atomic E-state index is -0.718. The largest absolute Gasteiger partial charge is 0.395 e. The standard InChI is InChI=1S/C7H17NO2S/c1-7(11(2)10)3-4-8-5-6-9/h7-9H,3-6H2,1-2H3. The summed E-state index contributed by atoms with van der Waals surface area (Å²) in [5, 5.41) is 11.7. The number of aliphatic hydroxyl groups is 1. The van der Waals surface area contributed by atoms with Crippen molar-refractivity contribution in [3.8, 4) is 0 Å². The van der Waals surface area contributed by atoms with Crippen molar-refractivity contribution in [2.24, 2.45) is 0 Å². The molecule has 0 fully saturated rings. The van der Waals surface area contributed by atoms with Crippen LogP contribution in [0.2, 0.25) is 0 Å². The molecular formula is C7H17NO2S. The Labute approximate surface area is 70.6 Å². The molecule has 0 amide bonds. The summed E-state index contributed by atoms with van der Waals surface area (Å²) in [6.07, 6.45) is 2.62. The predicted octanol–water partition coefficient (Wildman–Crippen LogP) is -0.275. The van der Waals surface area contributed by atoms with Crippen molar-refractivity contribution in [2.45, 2.75) is 18.6 Å². The van der Waals surface area contributed by atoms with Crippen LogP contribution in [0.3, 0.4) is 0 Å². The molecule has 0 rings (SSSR count). The molecule has 0 heterocycles. The van der Waals surface area contributed by atoms with E-state index in [0.717, 1.165) is 13.0 Å². The van der Waals surface area contributed by atoms with Crippen molar-refractivity contribution in [1.82, 2.24) is 5.32 Å². The number of hydrogen-bond donors (Lipinski definition) is 2. The molecule has 0 aromatic rings. The summed E-state index contributed by atoms with van der Waals surface area (Å²) in [5.41, 5.74) is 0. The van der Waals surface area contributed by atoms with Gasteiger partial charge in [-0.15, -0.1) is 0 Å². The van der Waals surface area contributed by atoms with Crippen LogP contribution in [0.4, 0.5) is 0 Å². The quantitative estimate of drug-likeness (QED) is 0.552. The van der Waals surface area contributed by atoms with Crippen LogP contribution in [0.15, 0.2) is 0 Å². The maximum absolute atomic E-state index is 10.8. The monoisotopic (exact) mass is 179 g/mol. The normalized spacial score (nSPS) is 16.3. The highest BCUT2D eigenvalue weighted by Crippen LogP contribution is 1.96. The molecule has 2 N–H and O–H groups in total. The van der Waals surface area contributed by atoms with Crippen molar-refractivity contribution < 1.29 is 9.32 Å². The molecule has 0 aromatic heterocycles. The first kappa shape index (κ1) is 11.1. The second-order valence-corrected chi connectivity index (χ2v) is 4.37. The Morgan fingerprint density at radius 3 is 2.64 bits per heavy atom. The lowest BCUT2D eigenvalue weighted by atomic mass is 10.3. The fraction of sp³-hybridized carbons (Fsp3) is 1.00. The number of nitrogens with one attached hydrogen (secondary N) is 1. The van der Waals surface area contributed by atoms with Gasteiger partial charge >= 0.3 is 0 Å². The topological polar surface area (TPSA) is 49.3 Å². The lowest BCUT2D eigenvalue weighted by Gasteiger charge is -2.07. The third kappa shape index (κ3) is 6.47. The molecule has 0 saturated carbocycles. The number of aliphatic hydroxyl groups excluding tert-OH is 1. The SMILES string of the molecule is CC(CCNCCO)S(C)=O. The van der Waals surface area contributed by atoms with Gasteiger partial charge in [0.05, 0.1) is 6.61 Å². The molecule has 3 nitrogen and oxygen atoms in total. The Balaban J connectivity index is 3.17. The van der Waals surface area contributed by atoms with Crippen LogP contribution in [-0.2, 0) is 10.8 Å². The smallest absolute Gasteiger partial charge is 0.0555 e. The first-order chi connectivity index (χ1) is 5.18. The van der Waals surface area contributed by atoms with Gasteiger partial charge in [0.2, 0.25) is 0 Å². The van der Waals surface area contributed by atoms with Crippen molar-refractivity contribution in [3.05, 3.63) is 0 Å². The van der Waals surface area contributed by atoms with Crippen molar-refractivity contribution in [1.29, 1.82) is 0 Å². The minimum Gasteiger partial charge on any atom is -0.395 e. The van der Waals surface area contributed by atoms with Crippen LogP contribution in [0.1, 0.15) is 13.3 Å². The molecule has 4 heteroatoms. The second kappa shape index (κ2) is 6.76. The van der Waals surface area contributed by atoms with Crippen LogP contribution in [0.5, 0.6) is 0 Å². The van der Waals surface area contributed by atoms with Gasteiger partial charge in [-0.05, 0) is 13.0 Å². The van der Waals surface area contributed by atoms with Crippen LogP contribution in [0, 0.1) is 0 Å². The van der Waals surface area contributed by atoms with E-state index in [-0.39, 0.29) is 11.9 Å². The molecule has 0 aliphatic rings. The van der Waals surface area contributed by atoms with Gasteiger partial charge < -0.3 is 10.4 Å². The fourth-order valence-corrected chi connectivity index (χ4v) is 1.13. The van der Waals surface area contributed by atoms with E-state index < -0.39 is 10.8 Å². The van der Waals surface area contributed by atoms with Gasteiger partial charge in [0.1, 0.15) is 0 Å². The van der Waals surface area contributed by atoms with E-state index in [4.69, 9.17) is 5.11 Å². The summed E-state index contributed by atoms with van der Waals surface area (Å²) < 4.78 is 10.8. The van der Waals surface area contributed by atoms with E-state index in [1.54, 1.807) is 6.26 Å². The maximum Gasteiger partial charge on any atom is 0.0555 e. The molecule has 11 heavy (non-hydrogen) atoms. The van der Waals surface area contributed by atoms with E-state index in [9.17, 15) is 4.21 Å². The summed E-state index contributed by atoms with van der Waals surface area (Å²) in [6, 6.07) is 0. The second-order valence-electron chi connectivity index (χ2n) is 2.57. The van der Waals surface area contributed by atoms with Crippen molar-refractivity contribution >= 4 is 10.8 Å². The van der Waals surface area contributed by atoms with Gasteiger partial charge in [0.25, 0.3) is 0 Å². The van der Waals surface area contributed by atoms with E-state index in [2.05, 4.69) is 5.32 Å². The first-order valence-electron chi connectivity index (χ1n) is 3.82. The van der Waals surface area contributed by atoms with Gasteiger partial charge in [-0.1, -0.05) is 6.92 Å². The Hall–Kier alpha value is 0.0700. The van der Waals surface area contributed by atoms with E-state index in [1.807, 2.05) is 6.92 Å². The fourth-order valence-electron chi connectivity index (χ4n) is 0.675. The first-order valence-corrected chi connectivity index (χ1v) is 5.44. The Morgan fingerprint density at radius 1 is 1.55 bits per heavy atom. The van der Waals surface area contributed by atoms with E-state index in [0.29, 0.717) is 6.54 Å². The molecule has 0 aliphatic carbocycles.